The van der Waals surface area contributed by atoms with E-state index in [-0.39, 0.29) is 11.2 Å². The van der Waals surface area contributed by atoms with Gasteiger partial charge in [-0.2, -0.15) is 5.26 Å². The number of fused-ring (bicyclic) bond motifs is 2. The number of rotatable bonds is 6. The first-order chi connectivity index (χ1) is 17.9. The number of aryl methyl sites for hydroxylation is 1. The summed E-state index contributed by atoms with van der Waals surface area (Å²) in [6.07, 6.45) is 6.14. The summed E-state index contributed by atoms with van der Waals surface area (Å²) >= 11 is 1.35. The molecule has 5 heterocycles. The molecule has 0 spiro atoms. The number of nitrogens with one attached hydrogen (secondary N) is 1. The summed E-state index contributed by atoms with van der Waals surface area (Å²) in [7, 11) is 1.46. The Morgan fingerprint density at radius 2 is 1.97 bits per heavy atom. The SMILES string of the molecule is C[C@@H](C(=O)Nc1csc(-c2cnc(N3CC4CC4C3)nc2)n1)n1cnc2c1c(=O)n(CC#N)c(=O)n2C. The van der Waals surface area contributed by atoms with E-state index >= 15 is 0 Å². The monoisotopic (exact) mass is 518 g/mol. The first-order valence-electron chi connectivity index (χ1n) is 11.7. The molecule has 2 unspecified atom stereocenters. The molecule has 188 valence electrons. The molecule has 1 amide bonds. The Bertz CT molecular complexity index is 1680. The number of nitriles is 1. The van der Waals surface area contributed by atoms with Crippen LogP contribution in [0.3, 0.4) is 0 Å². The van der Waals surface area contributed by atoms with Crippen LogP contribution in [0.2, 0.25) is 0 Å². The smallest absolute Gasteiger partial charge is 0.333 e. The van der Waals surface area contributed by atoms with Crippen LogP contribution in [0, 0.1) is 23.2 Å². The van der Waals surface area contributed by atoms with Gasteiger partial charge in [-0.25, -0.2) is 29.3 Å². The van der Waals surface area contributed by atoms with Gasteiger partial charge in [-0.15, -0.1) is 11.3 Å². The number of carbonyl (C=O) groups excluding carboxylic acids is 1. The Labute approximate surface area is 213 Å². The number of imidazole rings is 1. The third kappa shape index (κ3) is 3.87. The molecule has 1 saturated heterocycles. The quantitative estimate of drug-likeness (QED) is 0.393. The van der Waals surface area contributed by atoms with Crippen LogP contribution in [0.1, 0.15) is 19.4 Å². The number of nitrogens with zero attached hydrogens (tertiary/aromatic N) is 9. The van der Waals surface area contributed by atoms with Gasteiger partial charge in [0.25, 0.3) is 5.56 Å². The fourth-order valence-electron chi connectivity index (χ4n) is 4.77. The molecule has 0 aromatic carbocycles. The van der Waals surface area contributed by atoms with E-state index < -0.39 is 29.7 Å². The molecule has 1 aliphatic heterocycles. The van der Waals surface area contributed by atoms with Gasteiger partial charge in [-0.05, 0) is 25.2 Å². The van der Waals surface area contributed by atoms with E-state index in [0.717, 1.165) is 41.0 Å². The molecule has 2 aliphatic rings. The minimum atomic E-state index is -0.842. The Balaban J connectivity index is 1.20. The fraction of sp³-hybridized carbons (Fsp3) is 0.391. The van der Waals surface area contributed by atoms with Gasteiger partial charge < -0.3 is 14.8 Å². The Kier molecular flexibility index (Phi) is 5.37. The lowest BCUT2D eigenvalue weighted by atomic mass is 10.3. The second kappa shape index (κ2) is 8.63. The topological polar surface area (TPSA) is 157 Å². The van der Waals surface area contributed by atoms with Crippen LogP contribution in [0.15, 0.2) is 33.7 Å². The van der Waals surface area contributed by atoms with Crippen molar-refractivity contribution in [2.24, 2.45) is 18.9 Å². The molecule has 0 bridgehead atoms. The first-order valence-corrected chi connectivity index (χ1v) is 12.6. The Morgan fingerprint density at radius 3 is 2.68 bits per heavy atom. The van der Waals surface area contributed by atoms with Gasteiger partial charge in [-0.3, -0.25) is 14.2 Å². The van der Waals surface area contributed by atoms with Crippen molar-refractivity contribution in [3.8, 4) is 16.6 Å². The highest BCUT2D eigenvalue weighted by Crippen LogP contribution is 2.45. The Morgan fingerprint density at radius 1 is 1.24 bits per heavy atom. The second-order valence-corrected chi connectivity index (χ2v) is 10.2. The van der Waals surface area contributed by atoms with E-state index in [1.54, 1.807) is 24.7 Å². The molecule has 2 fully saturated rings. The normalized spacial score (nSPS) is 19.0. The number of anilines is 2. The van der Waals surface area contributed by atoms with Crippen LogP contribution in [0.4, 0.5) is 11.8 Å². The largest absolute Gasteiger partial charge is 0.340 e. The van der Waals surface area contributed by atoms with Gasteiger partial charge in [0, 0.05) is 43.5 Å². The van der Waals surface area contributed by atoms with Crippen molar-refractivity contribution >= 4 is 40.2 Å². The standard InChI is InChI=1S/C23H22N10O3S/c1-12(33-11-27-18-17(33)21(35)32(4-3-24)23(36)30(18)2)19(34)28-16-10-37-20(29-16)15-6-25-22(26-7-15)31-8-13-5-14(13)9-31/h6-7,10-14H,4-5,8-9H2,1-2H3,(H,28,34)/t12-,13?,14?/m0/s1. The van der Waals surface area contributed by atoms with E-state index in [1.807, 2.05) is 6.07 Å². The molecule has 3 atom stereocenters. The summed E-state index contributed by atoms with van der Waals surface area (Å²) in [6.45, 7) is 3.24. The van der Waals surface area contributed by atoms with E-state index in [1.165, 1.54) is 40.3 Å². The van der Waals surface area contributed by atoms with E-state index in [2.05, 4.69) is 30.2 Å². The zero-order valence-corrected chi connectivity index (χ0v) is 20.8. The zero-order chi connectivity index (χ0) is 25.8. The average molecular weight is 519 g/mol. The van der Waals surface area contributed by atoms with E-state index in [4.69, 9.17) is 5.26 Å². The fourth-order valence-corrected chi connectivity index (χ4v) is 5.50. The molecule has 4 aromatic heterocycles. The van der Waals surface area contributed by atoms with Crippen molar-refractivity contribution in [2.45, 2.75) is 25.9 Å². The van der Waals surface area contributed by atoms with Gasteiger partial charge in [0.15, 0.2) is 11.2 Å². The first kappa shape index (κ1) is 23.0. The molecule has 6 rings (SSSR count). The van der Waals surface area contributed by atoms with Gasteiger partial charge >= 0.3 is 5.69 Å². The van der Waals surface area contributed by atoms with E-state index in [0.29, 0.717) is 10.8 Å². The van der Waals surface area contributed by atoms with Crippen molar-refractivity contribution in [3.05, 3.63) is 44.9 Å². The van der Waals surface area contributed by atoms with Crippen LogP contribution in [0.25, 0.3) is 21.7 Å². The molecule has 14 heteroatoms. The van der Waals surface area contributed by atoms with Crippen LogP contribution < -0.4 is 21.5 Å². The summed E-state index contributed by atoms with van der Waals surface area (Å²) in [5, 5.41) is 14.2. The lowest BCUT2D eigenvalue weighted by Crippen LogP contribution is -2.40. The number of piperidine rings is 1. The maximum absolute atomic E-state index is 13.0. The number of carbonyl (C=O) groups is 1. The molecule has 37 heavy (non-hydrogen) atoms. The highest BCUT2D eigenvalue weighted by atomic mass is 32.1. The van der Waals surface area contributed by atoms with Crippen molar-refractivity contribution in [3.63, 3.8) is 0 Å². The summed E-state index contributed by atoms with van der Waals surface area (Å²) in [4.78, 5) is 58.2. The molecular formula is C23H22N10O3S. The van der Waals surface area contributed by atoms with Crippen LogP contribution in [-0.4, -0.2) is 52.6 Å². The van der Waals surface area contributed by atoms with Crippen molar-refractivity contribution in [1.29, 1.82) is 5.26 Å². The number of hydrogen-bond donors (Lipinski definition) is 1. The molecular weight excluding hydrogens is 496 g/mol. The third-order valence-corrected chi connectivity index (χ3v) is 7.88. The van der Waals surface area contributed by atoms with Crippen molar-refractivity contribution < 1.29 is 4.79 Å². The second-order valence-electron chi connectivity index (χ2n) is 9.35. The molecule has 13 nitrogen and oxygen atoms in total. The summed E-state index contributed by atoms with van der Waals surface area (Å²) in [5.74, 6) is 2.26. The maximum atomic E-state index is 13.0. The van der Waals surface area contributed by atoms with Gasteiger partial charge in [0.05, 0.1) is 12.4 Å². The summed E-state index contributed by atoms with van der Waals surface area (Å²) in [5.41, 5.74) is -0.375. The Hall–Kier alpha value is -4.38. The minimum absolute atomic E-state index is 0.0616. The molecule has 1 aliphatic carbocycles. The summed E-state index contributed by atoms with van der Waals surface area (Å²) in [6, 6.07) is 0.970. The predicted octanol–water partition coefficient (Wildman–Crippen LogP) is 0.990. The number of amides is 1. The lowest BCUT2D eigenvalue weighted by molar-refractivity contribution is -0.118. The van der Waals surface area contributed by atoms with Crippen molar-refractivity contribution in [1.82, 2.24) is 33.6 Å². The molecule has 4 aromatic rings. The van der Waals surface area contributed by atoms with Gasteiger partial charge in [0.1, 0.15) is 23.4 Å². The molecule has 1 N–H and O–H groups in total. The molecule has 1 saturated carbocycles. The number of hydrogen-bond acceptors (Lipinski definition) is 10. The minimum Gasteiger partial charge on any atom is -0.340 e. The summed E-state index contributed by atoms with van der Waals surface area (Å²) < 4.78 is 3.39. The van der Waals surface area contributed by atoms with Crippen LogP contribution >= 0.6 is 11.3 Å². The lowest BCUT2D eigenvalue weighted by Gasteiger charge is -2.17. The zero-order valence-electron chi connectivity index (χ0n) is 20.0. The third-order valence-electron chi connectivity index (χ3n) is 6.99. The van der Waals surface area contributed by atoms with Crippen molar-refractivity contribution in [2.75, 3.05) is 23.3 Å². The van der Waals surface area contributed by atoms with Gasteiger partial charge in [0.2, 0.25) is 11.9 Å². The average Bonchev–Trinajstić information content (AvgIpc) is 3.30. The molecule has 0 radical (unpaired) electrons. The number of aromatic nitrogens is 7. The van der Waals surface area contributed by atoms with Gasteiger partial charge in [-0.1, -0.05) is 0 Å². The van der Waals surface area contributed by atoms with Crippen LogP contribution in [-0.2, 0) is 18.4 Å². The highest BCUT2D eigenvalue weighted by Gasteiger charge is 2.45. The highest BCUT2D eigenvalue weighted by molar-refractivity contribution is 7.13. The maximum Gasteiger partial charge on any atom is 0.333 e. The predicted molar refractivity (Wildman–Crippen MR) is 135 cm³/mol. The van der Waals surface area contributed by atoms with Crippen LogP contribution in [0.5, 0.6) is 0 Å². The van der Waals surface area contributed by atoms with E-state index in [9.17, 15) is 14.4 Å². The number of thiazole rings is 1.